The van der Waals surface area contributed by atoms with E-state index in [0.29, 0.717) is 18.2 Å². The Bertz CT molecular complexity index is 426. The van der Waals surface area contributed by atoms with Crippen LogP contribution in [0.5, 0.6) is 0 Å². The predicted octanol–water partition coefficient (Wildman–Crippen LogP) is 0.997. The number of carbonyl (C=O) groups is 1. The molecule has 0 aliphatic carbocycles. The SMILES string of the molecule is COCCNCc1ccc(Cl)cc1N(C)CC(N)=O. The predicted molar refractivity (Wildman–Crippen MR) is 77.5 cm³/mol. The molecule has 1 amide bonds. The van der Waals surface area contributed by atoms with Gasteiger partial charge in [0.1, 0.15) is 0 Å². The van der Waals surface area contributed by atoms with Crippen LogP contribution in [0, 0.1) is 0 Å². The molecule has 0 radical (unpaired) electrons. The first kappa shape index (κ1) is 15.8. The Labute approximate surface area is 118 Å². The lowest BCUT2D eigenvalue weighted by Gasteiger charge is -2.21. The van der Waals surface area contributed by atoms with Crippen LogP contribution in [0.25, 0.3) is 0 Å². The van der Waals surface area contributed by atoms with Crippen LogP contribution in [0.3, 0.4) is 0 Å². The maximum Gasteiger partial charge on any atom is 0.236 e. The lowest BCUT2D eigenvalue weighted by atomic mass is 10.1. The molecule has 0 spiro atoms. The molecule has 0 saturated carbocycles. The van der Waals surface area contributed by atoms with Crippen LogP contribution in [0.2, 0.25) is 5.02 Å². The van der Waals surface area contributed by atoms with Crippen molar-refractivity contribution in [3.63, 3.8) is 0 Å². The van der Waals surface area contributed by atoms with Crippen molar-refractivity contribution in [1.82, 2.24) is 5.32 Å². The van der Waals surface area contributed by atoms with Crippen molar-refractivity contribution in [3.8, 4) is 0 Å². The molecule has 1 rings (SSSR count). The number of ether oxygens (including phenoxy) is 1. The highest BCUT2D eigenvalue weighted by atomic mass is 35.5. The van der Waals surface area contributed by atoms with Crippen molar-refractivity contribution in [2.75, 3.05) is 38.8 Å². The highest BCUT2D eigenvalue weighted by Gasteiger charge is 2.10. The monoisotopic (exact) mass is 285 g/mol. The van der Waals surface area contributed by atoms with E-state index in [0.717, 1.165) is 17.8 Å². The molecule has 1 aromatic rings. The summed E-state index contributed by atoms with van der Waals surface area (Å²) >= 11 is 6.00. The number of nitrogens with one attached hydrogen (secondary N) is 1. The first-order chi connectivity index (χ1) is 9.04. The number of likely N-dealkylation sites (N-methyl/N-ethyl adjacent to an activating group) is 1. The van der Waals surface area contributed by atoms with Crippen molar-refractivity contribution >= 4 is 23.2 Å². The molecular formula is C13H20ClN3O2. The number of methoxy groups -OCH3 is 1. The van der Waals surface area contributed by atoms with E-state index in [2.05, 4.69) is 5.32 Å². The smallest absolute Gasteiger partial charge is 0.236 e. The third kappa shape index (κ3) is 5.46. The van der Waals surface area contributed by atoms with Gasteiger partial charge in [-0.2, -0.15) is 0 Å². The second-order valence-electron chi connectivity index (χ2n) is 4.26. The molecule has 0 unspecified atom stereocenters. The van der Waals surface area contributed by atoms with E-state index >= 15 is 0 Å². The Morgan fingerprint density at radius 3 is 2.89 bits per heavy atom. The van der Waals surface area contributed by atoms with Gasteiger partial charge >= 0.3 is 0 Å². The molecule has 0 fully saturated rings. The maximum atomic E-state index is 11.0. The van der Waals surface area contributed by atoms with Gasteiger partial charge in [-0.25, -0.2) is 0 Å². The Kier molecular flexibility index (Phi) is 6.62. The second kappa shape index (κ2) is 7.99. The van der Waals surface area contributed by atoms with Crippen LogP contribution < -0.4 is 16.0 Å². The fourth-order valence-corrected chi connectivity index (χ4v) is 1.92. The number of amides is 1. The summed E-state index contributed by atoms with van der Waals surface area (Å²) in [7, 11) is 3.48. The van der Waals surface area contributed by atoms with E-state index in [1.165, 1.54) is 0 Å². The zero-order valence-corrected chi connectivity index (χ0v) is 12.0. The lowest BCUT2D eigenvalue weighted by molar-refractivity contribution is -0.116. The summed E-state index contributed by atoms with van der Waals surface area (Å²) in [6, 6.07) is 5.60. The largest absolute Gasteiger partial charge is 0.383 e. The van der Waals surface area contributed by atoms with Gasteiger partial charge in [0.25, 0.3) is 0 Å². The molecule has 0 heterocycles. The van der Waals surface area contributed by atoms with Gasteiger partial charge in [0.2, 0.25) is 5.91 Å². The molecule has 3 N–H and O–H groups in total. The molecule has 0 aromatic heterocycles. The molecule has 19 heavy (non-hydrogen) atoms. The van der Waals surface area contributed by atoms with Crippen molar-refractivity contribution in [3.05, 3.63) is 28.8 Å². The molecule has 6 heteroatoms. The first-order valence-electron chi connectivity index (χ1n) is 6.02. The van der Waals surface area contributed by atoms with Gasteiger partial charge in [-0.1, -0.05) is 17.7 Å². The molecule has 5 nitrogen and oxygen atoms in total. The second-order valence-corrected chi connectivity index (χ2v) is 4.70. The van der Waals surface area contributed by atoms with Crippen molar-refractivity contribution < 1.29 is 9.53 Å². The van der Waals surface area contributed by atoms with E-state index in [1.54, 1.807) is 12.0 Å². The van der Waals surface area contributed by atoms with E-state index in [-0.39, 0.29) is 12.5 Å². The van der Waals surface area contributed by atoms with Gasteiger partial charge in [-0.05, 0) is 17.7 Å². The Hall–Kier alpha value is -1.30. The van der Waals surface area contributed by atoms with Gasteiger partial charge in [0.05, 0.1) is 13.2 Å². The highest BCUT2D eigenvalue weighted by Crippen LogP contribution is 2.23. The molecule has 0 bridgehead atoms. The van der Waals surface area contributed by atoms with Gasteiger partial charge in [0, 0.05) is 38.0 Å². The van der Waals surface area contributed by atoms with Gasteiger partial charge in [-0.15, -0.1) is 0 Å². The van der Waals surface area contributed by atoms with Crippen LogP contribution in [-0.2, 0) is 16.1 Å². The van der Waals surface area contributed by atoms with Crippen molar-refractivity contribution in [1.29, 1.82) is 0 Å². The Morgan fingerprint density at radius 1 is 1.53 bits per heavy atom. The van der Waals surface area contributed by atoms with Crippen LogP contribution in [0.15, 0.2) is 18.2 Å². The van der Waals surface area contributed by atoms with Gasteiger partial charge in [-0.3, -0.25) is 4.79 Å². The summed E-state index contributed by atoms with van der Waals surface area (Å²) in [5.74, 6) is -0.374. The number of nitrogens with zero attached hydrogens (tertiary/aromatic N) is 1. The summed E-state index contributed by atoms with van der Waals surface area (Å²) in [6.45, 7) is 2.25. The third-order valence-electron chi connectivity index (χ3n) is 2.65. The summed E-state index contributed by atoms with van der Waals surface area (Å²) in [4.78, 5) is 12.8. The maximum absolute atomic E-state index is 11.0. The van der Waals surface area contributed by atoms with E-state index in [4.69, 9.17) is 22.1 Å². The number of primary amides is 1. The lowest BCUT2D eigenvalue weighted by Crippen LogP contribution is -2.31. The molecular weight excluding hydrogens is 266 g/mol. The molecule has 106 valence electrons. The first-order valence-corrected chi connectivity index (χ1v) is 6.40. The average molecular weight is 286 g/mol. The van der Waals surface area contributed by atoms with Crippen LogP contribution in [0.1, 0.15) is 5.56 Å². The zero-order chi connectivity index (χ0) is 14.3. The van der Waals surface area contributed by atoms with E-state index < -0.39 is 0 Å². The van der Waals surface area contributed by atoms with Crippen molar-refractivity contribution in [2.45, 2.75) is 6.54 Å². The summed E-state index contributed by atoms with van der Waals surface area (Å²) in [6.07, 6.45) is 0. The summed E-state index contributed by atoms with van der Waals surface area (Å²) < 4.78 is 4.97. The Balaban J connectivity index is 2.76. The topological polar surface area (TPSA) is 67.6 Å². The molecule has 0 saturated heterocycles. The number of hydrogen-bond donors (Lipinski definition) is 2. The molecule has 0 aliphatic heterocycles. The van der Waals surface area contributed by atoms with Gasteiger partial charge < -0.3 is 20.7 Å². The minimum Gasteiger partial charge on any atom is -0.383 e. The summed E-state index contributed by atoms with van der Waals surface area (Å²) in [5, 5.41) is 3.89. The molecule has 0 atom stereocenters. The third-order valence-corrected chi connectivity index (χ3v) is 2.89. The van der Waals surface area contributed by atoms with Crippen LogP contribution >= 0.6 is 11.6 Å². The number of anilines is 1. The van der Waals surface area contributed by atoms with Gasteiger partial charge in [0.15, 0.2) is 0 Å². The quantitative estimate of drug-likeness (QED) is 0.699. The summed E-state index contributed by atoms with van der Waals surface area (Å²) in [5.41, 5.74) is 7.17. The zero-order valence-electron chi connectivity index (χ0n) is 11.3. The molecule has 1 aromatic carbocycles. The number of nitrogens with two attached hydrogens (primary N) is 1. The number of hydrogen-bond acceptors (Lipinski definition) is 4. The molecule has 0 aliphatic rings. The standard InChI is InChI=1S/C13H20ClN3O2/c1-17(9-13(15)18)12-7-11(14)4-3-10(12)8-16-5-6-19-2/h3-4,7,16H,5-6,8-9H2,1-2H3,(H2,15,18). The minimum absolute atomic E-state index is 0.158. The average Bonchev–Trinajstić information content (AvgIpc) is 2.35. The minimum atomic E-state index is -0.374. The number of benzene rings is 1. The Morgan fingerprint density at radius 2 is 2.26 bits per heavy atom. The normalized spacial score (nSPS) is 10.5. The number of carbonyl (C=O) groups excluding carboxylic acids is 1. The van der Waals surface area contributed by atoms with Crippen LogP contribution in [0.4, 0.5) is 5.69 Å². The van der Waals surface area contributed by atoms with Crippen molar-refractivity contribution in [2.24, 2.45) is 5.73 Å². The van der Waals surface area contributed by atoms with E-state index in [1.807, 2.05) is 25.2 Å². The highest BCUT2D eigenvalue weighted by molar-refractivity contribution is 6.30. The number of rotatable bonds is 8. The number of halogens is 1. The van der Waals surface area contributed by atoms with Crippen LogP contribution in [-0.4, -0.2) is 39.8 Å². The fraction of sp³-hybridized carbons (Fsp3) is 0.462. The van der Waals surface area contributed by atoms with E-state index in [9.17, 15) is 4.79 Å². The fourth-order valence-electron chi connectivity index (χ4n) is 1.76.